The second-order valence-corrected chi connectivity index (χ2v) is 11.0. The molecule has 0 radical (unpaired) electrons. The zero-order chi connectivity index (χ0) is 33.7. The van der Waals surface area contributed by atoms with Crippen molar-refractivity contribution in [3.05, 3.63) is 106 Å². The van der Waals surface area contributed by atoms with Crippen molar-refractivity contribution in [3.8, 4) is 28.7 Å². The number of carbonyl (C=O) groups excluding carboxylic acids is 2. The number of methoxy groups -OCH3 is 2. The van der Waals surface area contributed by atoms with Crippen molar-refractivity contribution in [2.45, 2.75) is 19.3 Å². The Balaban J connectivity index is 0.000000807. The molecule has 0 unspecified atom stereocenters. The van der Waals surface area contributed by atoms with Crippen molar-refractivity contribution >= 4 is 38.8 Å². The minimum absolute atomic E-state index is 0.0886. The Kier molecular flexibility index (Phi) is 9.60. The fourth-order valence-corrected chi connectivity index (χ4v) is 5.07. The fraction of sp³-hybridized carbons (Fsp3) is 0.156. The van der Waals surface area contributed by atoms with Crippen molar-refractivity contribution in [1.29, 1.82) is 0 Å². The summed E-state index contributed by atoms with van der Waals surface area (Å²) in [6.45, 7) is 0. The number of anilines is 1. The molecule has 47 heavy (non-hydrogen) atoms. The number of nitrogens with zero attached hydrogens (tertiary/aromatic N) is 3. The van der Waals surface area contributed by atoms with Gasteiger partial charge < -0.3 is 19.5 Å². The highest BCUT2D eigenvalue weighted by Crippen LogP contribution is 2.37. The Hall–Kier alpha value is -5.64. The van der Waals surface area contributed by atoms with Gasteiger partial charge in [0.1, 0.15) is 22.9 Å². The van der Waals surface area contributed by atoms with Gasteiger partial charge in [-0.25, -0.2) is 4.98 Å². The highest BCUT2D eigenvalue weighted by atomic mass is 32.3. The van der Waals surface area contributed by atoms with Gasteiger partial charge >= 0.3 is 10.4 Å². The number of hydrogen-bond acceptors (Lipinski definition) is 10. The quantitative estimate of drug-likeness (QED) is 0.204. The van der Waals surface area contributed by atoms with Crippen LogP contribution in [-0.4, -0.2) is 58.0 Å². The average Bonchev–Trinajstić information content (AvgIpc) is 3.04. The van der Waals surface area contributed by atoms with E-state index in [1.807, 2.05) is 6.07 Å². The zero-order valence-corrected chi connectivity index (χ0v) is 25.9. The number of ether oxygens (including phenoxy) is 3. The smallest absolute Gasteiger partial charge is 0.394 e. The highest BCUT2D eigenvalue weighted by molar-refractivity contribution is 7.79. The Labute approximate surface area is 268 Å². The van der Waals surface area contributed by atoms with E-state index in [9.17, 15) is 14.4 Å². The van der Waals surface area contributed by atoms with Gasteiger partial charge in [0, 0.05) is 41.0 Å². The number of nitrogens with one attached hydrogen (secondary N) is 1. The minimum atomic E-state index is -4.67. The van der Waals surface area contributed by atoms with E-state index < -0.39 is 21.9 Å². The van der Waals surface area contributed by atoms with Crippen LogP contribution < -0.4 is 25.1 Å². The van der Waals surface area contributed by atoms with E-state index in [2.05, 4.69) is 15.3 Å². The standard InChI is InChI=1S/C32H26N4O6.H2O4S/c1-40-28-16-21-24(17-29(28)41-2)33-14-13-27(21)42-20-11-12-30(34-18-20)35-31(38)23-15-22-25(9-6-10-26(22)37)36(32(23)39)19-7-4-3-5-8-19;1-5(2,3)4/h3-5,7-8,11-18H,6,9-10H2,1-2H3,(H,34,35,38);(H2,1,2,3,4). The van der Waals surface area contributed by atoms with E-state index in [1.54, 1.807) is 75.0 Å². The molecule has 3 aromatic heterocycles. The maximum atomic E-state index is 13.6. The molecule has 5 aromatic rings. The Morgan fingerprint density at radius 3 is 2.26 bits per heavy atom. The number of carbonyl (C=O) groups is 2. The third-order valence-electron chi connectivity index (χ3n) is 7.09. The van der Waals surface area contributed by atoms with Crippen LogP contribution in [0.25, 0.3) is 16.6 Å². The van der Waals surface area contributed by atoms with Gasteiger partial charge in [0.05, 0.1) is 25.9 Å². The molecule has 0 spiro atoms. The van der Waals surface area contributed by atoms with Crippen LogP contribution in [0.3, 0.4) is 0 Å². The molecule has 15 heteroatoms. The van der Waals surface area contributed by atoms with E-state index in [0.717, 1.165) is 0 Å². The largest absolute Gasteiger partial charge is 0.493 e. The van der Waals surface area contributed by atoms with E-state index in [1.165, 1.54) is 16.8 Å². The average molecular weight is 661 g/mol. The van der Waals surface area contributed by atoms with Gasteiger partial charge in [-0.05, 0) is 55.3 Å². The number of Topliss-reactive ketones (excluding diaryl/α,β-unsaturated/α-hetero) is 1. The van der Waals surface area contributed by atoms with E-state index >= 15 is 0 Å². The van der Waals surface area contributed by atoms with Gasteiger partial charge in [0.15, 0.2) is 17.3 Å². The predicted octanol–water partition coefficient (Wildman–Crippen LogP) is 4.71. The van der Waals surface area contributed by atoms with E-state index in [0.29, 0.717) is 70.1 Å². The van der Waals surface area contributed by atoms with Crippen LogP contribution in [0.2, 0.25) is 0 Å². The van der Waals surface area contributed by atoms with Crippen LogP contribution in [0.1, 0.15) is 39.3 Å². The van der Waals surface area contributed by atoms with Gasteiger partial charge in [-0.15, -0.1) is 0 Å². The molecular weight excluding hydrogens is 632 g/mol. The zero-order valence-electron chi connectivity index (χ0n) is 25.0. The number of para-hydroxylation sites is 1. The lowest BCUT2D eigenvalue weighted by atomic mass is 9.92. The van der Waals surface area contributed by atoms with Gasteiger partial charge in [-0.2, -0.15) is 8.42 Å². The van der Waals surface area contributed by atoms with Crippen LogP contribution in [0.15, 0.2) is 83.9 Å². The first-order valence-corrected chi connectivity index (χ1v) is 15.4. The molecule has 6 rings (SSSR count). The van der Waals surface area contributed by atoms with Crippen molar-refractivity contribution < 1.29 is 41.3 Å². The monoisotopic (exact) mass is 660 g/mol. The normalized spacial score (nSPS) is 12.4. The number of rotatable bonds is 7. The van der Waals surface area contributed by atoms with E-state index in [-0.39, 0.29) is 17.2 Å². The van der Waals surface area contributed by atoms with Crippen molar-refractivity contribution in [2.75, 3.05) is 19.5 Å². The van der Waals surface area contributed by atoms with Crippen LogP contribution in [0.4, 0.5) is 5.82 Å². The molecule has 1 aliphatic rings. The topological polar surface area (TPSA) is 196 Å². The summed E-state index contributed by atoms with van der Waals surface area (Å²) in [5.74, 6) is 1.50. The second kappa shape index (κ2) is 13.8. The predicted molar refractivity (Wildman–Crippen MR) is 171 cm³/mol. The number of hydrogen-bond donors (Lipinski definition) is 3. The number of benzene rings is 2. The van der Waals surface area contributed by atoms with Crippen LogP contribution >= 0.6 is 0 Å². The molecular formula is C32H28N4O10S. The molecule has 242 valence electrons. The van der Waals surface area contributed by atoms with Crippen LogP contribution in [0, 0.1) is 0 Å². The summed E-state index contributed by atoms with van der Waals surface area (Å²) >= 11 is 0. The molecule has 1 aliphatic carbocycles. The lowest BCUT2D eigenvalue weighted by Gasteiger charge is -2.21. The first-order valence-electron chi connectivity index (χ1n) is 14.0. The van der Waals surface area contributed by atoms with Gasteiger partial charge in [0.2, 0.25) is 0 Å². The number of ketones is 1. The Morgan fingerprint density at radius 1 is 0.894 bits per heavy atom. The van der Waals surface area contributed by atoms with Crippen molar-refractivity contribution in [3.63, 3.8) is 0 Å². The SMILES string of the molecule is COc1cc2nccc(Oc3ccc(NC(=O)c4cc5c(n(-c6ccccc6)c4=O)CCCC5=O)nc3)c2cc1OC.O=S(=O)(O)O. The molecule has 0 fully saturated rings. The summed E-state index contributed by atoms with van der Waals surface area (Å²) in [5.41, 5.74) is 1.64. The second-order valence-electron chi connectivity index (χ2n) is 10.1. The molecule has 0 saturated heterocycles. The third kappa shape index (κ3) is 7.61. The number of fused-ring (bicyclic) bond motifs is 2. The maximum absolute atomic E-state index is 13.6. The Morgan fingerprint density at radius 2 is 1.60 bits per heavy atom. The first kappa shape index (κ1) is 32.7. The third-order valence-corrected chi connectivity index (χ3v) is 7.09. The molecule has 0 saturated carbocycles. The van der Waals surface area contributed by atoms with Gasteiger partial charge in [-0.1, -0.05) is 18.2 Å². The molecule has 0 atom stereocenters. The van der Waals surface area contributed by atoms with Gasteiger partial charge in [0.25, 0.3) is 11.5 Å². The minimum Gasteiger partial charge on any atom is -0.493 e. The lowest BCUT2D eigenvalue weighted by Crippen LogP contribution is -2.33. The molecule has 3 heterocycles. The molecule has 14 nitrogen and oxygen atoms in total. The van der Waals surface area contributed by atoms with Crippen LogP contribution in [-0.2, 0) is 16.8 Å². The highest BCUT2D eigenvalue weighted by Gasteiger charge is 2.26. The summed E-state index contributed by atoms with van der Waals surface area (Å²) in [4.78, 5) is 48.3. The van der Waals surface area contributed by atoms with E-state index in [4.69, 9.17) is 31.7 Å². The molecule has 1 amide bonds. The summed E-state index contributed by atoms with van der Waals surface area (Å²) < 4.78 is 49.9. The number of amides is 1. The van der Waals surface area contributed by atoms with Crippen molar-refractivity contribution in [2.24, 2.45) is 0 Å². The maximum Gasteiger partial charge on any atom is 0.394 e. The fourth-order valence-electron chi connectivity index (χ4n) is 5.07. The number of pyridine rings is 3. The lowest BCUT2D eigenvalue weighted by molar-refractivity contribution is 0.0970. The van der Waals surface area contributed by atoms with Gasteiger partial charge in [-0.3, -0.25) is 33.0 Å². The molecule has 2 aromatic carbocycles. The number of aromatic nitrogens is 3. The summed E-state index contributed by atoms with van der Waals surface area (Å²) in [7, 11) is -1.56. The summed E-state index contributed by atoms with van der Waals surface area (Å²) in [5, 5.41) is 3.39. The molecule has 0 bridgehead atoms. The summed E-state index contributed by atoms with van der Waals surface area (Å²) in [6, 6.07) is 18.9. The Bertz CT molecular complexity index is 2130. The van der Waals surface area contributed by atoms with Crippen molar-refractivity contribution in [1.82, 2.24) is 14.5 Å². The molecule has 0 aliphatic heterocycles. The molecule has 3 N–H and O–H groups in total. The van der Waals surface area contributed by atoms with Crippen LogP contribution in [0.5, 0.6) is 23.0 Å². The first-order chi connectivity index (χ1) is 22.5. The summed E-state index contributed by atoms with van der Waals surface area (Å²) in [6.07, 6.45) is 4.68.